The van der Waals surface area contributed by atoms with Crippen LogP contribution in [-0.4, -0.2) is 35.2 Å². The van der Waals surface area contributed by atoms with Crippen LogP contribution in [0.4, 0.5) is 5.13 Å². The first-order chi connectivity index (χ1) is 18.3. The summed E-state index contributed by atoms with van der Waals surface area (Å²) in [7, 11) is 0. The second-order valence-electron chi connectivity index (χ2n) is 9.41. The molecule has 4 aromatic rings. The highest BCUT2D eigenvalue weighted by atomic mass is 32.1. The average Bonchev–Trinajstić information content (AvgIpc) is 3.38. The van der Waals surface area contributed by atoms with E-state index < -0.39 is 23.7 Å². The van der Waals surface area contributed by atoms with E-state index >= 15 is 0 Å². The van der Waals surface area contributed by atoms with Crippen molar-refractivity contribution in [2.24, 2.45) is 5.16 Å². The summed E-state index contributed by atoms with van der Waals surface area (Å²) in [6, 6.07) is 30.3. The third kappa shape index (κ3) is 6.33. The molecule has 1 radical (unpaired) electrons. The van der Waals surface area contributed by atoms with Crippen molar-refractivity contribution in [3.8, 4) is 0 Å². The van der Waals surface area contributed by atoms with E-state index in [1.54, 1.807) is 32.4 Å². The quantitative estimate of drug-likeness (QED) is 0.123. The van der Waals surface area contributed by atoms with Crippen LogP contribution < -0.4 is 5.32 Å². The highest BCUT2D eigenvalue weighted by Gasteiger charge is 2.37. The van der Waals surface area contributed by atoms with Crippen LogP contribution in [-0.2, 0) is 24.7 Å². The standard InChI is InChI=1S/C30H28N3O4S/c1-29(2,3)37-27(35)20-36-33-25(19-34)26-21-38-28(31-26)32-30(22-13-7-4-8-14-22,23-15-9-5-10-16-23)24-17-11-6-12-18-24/h4-18,21H,20H2,1-3H3,(H,31,32)/b33-25+. The number of nitrogens with zero attached hydrogens (tertiary/aromatic N) is 2. The molecule has 0 saturated heterocycles. The minimum Gasteiger partial charge on any atom is -0.457 e. The van der Waals surface area contributed by atoms with Crippen molar-refractivity contribution in [2.75, 3.05) is 11.9 Å². The van der Waals surface area contributed by atoms with Gasteiger partial charge in [-0.25, -0.2) is 9.78 Å². The minimum atomic E-state index is -0.770. The van der Waals surface area contributed by atoms with Gasteiger partial charge in [0.05, 0.1) is 0 Å². The summed E-state index contributed by atoms with van der Waals surface area (Å²) in [6.07, 6.45) is 1.75. The van der Waals surface area contributed by atoms with Crippen LogP contribution in [0.1, 0.15) is 43.2 Å². The van der Waals surface area contributed by atoms with Crippen LogP contribution in [0.25, 0.3) is 0 Å². The molecule has 0 unspecified atom stereocenters. The SMILES string of the molecule is CC(C)(C)OC(=O)CO/N=C(\[C]=O)c1csc(NC(c2ccccc2)(c2ccccc2)c2ccccc2)n1. The lowest BCUT2D eigenvalue weighted by molar-refractivity contribution is -0.160. The topological polar surface area (TPSA) is 89.9 Å². The normalized spacial score (nSPS) is 12.0. The van der Waals surface area contributed by atoms with Gasteiger partial charge in [0.15, 0.2) is 10.8 Å². The van der Waals surface area contributed by atoms with Crippen LogP contribution in [0, 0.1) is 0 Å². The molecule has 0 bridgehead atoms. The molecule has 4 rings (SSSR count). The Morgan fingerprint density at radius 1 is 0.895 bits per heavy atom. The van der Waals surface area contributed by atoms with Crippen molar-refractivity contribution in [3.63, 3.8) is 0 Å². The number of anilines is 1. The Kier molecular flexibility index (Phi) is 8.33. The number of carbonyl (C=O) groups excluding carboxylic acids is 2. The number of benzene rings is 3. The van der Waals surface area contributed by atoms with Crippen molar-refractivity contribution in [3.05, 3.63) is 119 Å². The van der Waals surface area contributed by atoms with E-state index in [4.69, 9.17) is 9.57 Å². The van der Waals surface area contributed by atoms with Gasteiger partial charge in [0, 0.05) is 5.38 Å². The zero-order chi connectivity index (χ0) is 27.0. The predicted molar refractivity (Wildman–Crippen MR) is 149 cm³/mol. The summed E-state index contributed by atoms with van der Waals surface area (Å²) in [6.45, 7) is 4.83. The molecule has 0 aliphatic heterocycles. The molecule has 7 nitrogen and oxygen atoms in total. The van der Waals surface area contributed by atoms with E-state index in [2.05, 4.69) is 51.9 Å². The fraction of sp³-hybridized carbons (Fsp3) is 0.200. The van der Waals surface area contributed by atoms with Gasteiger partial charge < -0.3 is 14.9 Å². The Bertz CT molecular complexity index is 1280. The van der Waals surface area contributed by atoms with E-state index in [-0.39, 0.29) is 11.4 Å². The van der Waals surface area contributed by atoms with Gasteiger partial charge in [-0.05, 0) is 37.5 Å². The molecular formula is C30H28N3O4S. The average molecular weight is 527 g/mol. The first-order valence-corrected chi connectivity index (χ1v) is 12.9. The number of hydrogen-bond donors (Lipinski definition) is 1. The van der Waals surface area contributed by atoms with Gasteiger partial charge in [-0.1, -0.05) is 96.2 Å². The van der Waals surface area contributed by atoms with Gasteiger partial charge >= 0.3 is 5.97 Å². The van der Waals surface area contributed by atoms with E-state index in [0.29, 0.717) is 5.13 Å². The Labute approximate surface area is 226 Å². The highest BCUT2D eigenvalue weighted by Crippen LogP contribution is 2.40. The lowest BCUT2D eigenvalue weighted by atomic mass is 9.77. The third-order valence-corrected chi connectivity index (χ3v) is 6.27. The maximum absolute atomic E-state index is 11.9. The van der Waals surface area contributed by atoms with Crippen LogP contribution in [0.15, 0.2) is 102 Å². The van der Waals surface area contributed by atoms with Crippen molar-refractivity contribution in [2.45, 2.75) is 31.9 Å². The number of nitrogens with one attached hydrogen (secondary N) is 1. The molecule has 1 heterocycles. The van der Waals surface area contributed by atoms with Crippen molar-refractivity contribution in [1.82, 2.24) is 4.98 Å². The number of esters is 1. The molecule has 193 valence electrons. The molecule has 3 aromatic carbocycles. The largest absolute Gasteiger partial charge is 0.457 e. The summed E-state index contributed by atoms with van der Waals surface area (Å²) in [5.74, 6) is -0.592. The van der Waals surface area contributed by atoms with Gasteiger partial charge in [0.25, 0.3) is 6.29 Å². The summed E-state index contributed by atoms with van der Waals surface area (Å²) >= 11 is 1.32. The number of aromatic nitrogens is 1. The molecule has 0 fully saturated rings. The van der Waals surface area contributed by atoms with Crippen molar-refractivity contribution < 1.29 is 19.2 Å². The first-order valence-electron chi connectivity index (χ1n) is 12.0. The van der Waals surface area contributed by atoms with Crippen molar-refractivity contribution >= 4 is 34.4 Å². The van der Waals surface area contributed by atoms with Crippen LogP contribution in [0.2, 0.25) is 0 Å². The zero-order valence-electron chi connectivity index (χ0n) is 21.4. The zero-order valence-corrected chi connectivity index (χ0v) is 22.2. The maximum atomic E-state index is 11.9. The molecule has 0 aliphatic carbocycles. The Morgan fingerprint density at radius 3 is 1.84 bits per heavy atom. The molecule has 0 amide bonds. The fourth-order valence-electron chi connectivity index (χ4n) is 4.02. The Balaban J connectivity index is 1.68. The summed E-state index contributed by atoms with van der Waals surface area (Å²) in [5.41, 5.74) is 1.76. The molecule has 8 heteroatoms. The minimum absolute atomic E-state index is 0.150. The number of carbonyl (C=O) groups is 1. The van der Waals surface area contributed by atoms with Gasteiger partial charge in [0.2, 0.25) is 6.61 Å². The van der Waals surface area contributed by atoms with E-state index in [1.807, 2.05) is 54.6 Å². The number of oxime groups is 1. The van der Waals surface area contributed by atoms with Gasteiger partial charge in [0.1, 0.15) is 16.8 Å². The van der Waals surface area contributed by atoms with Gasteiger partial charge in [-0.3, -0.25) is 4.79 Å². The number of ether oxygens (including phenoxy) is 1. The molecular weight excluding hydrogens is 498 g/mol. The first kappa shape index (κ1) is 26.8. The van der Waals surface area contributed by atoms with Crippen LogP contribution >= 0.6 is 11.3 Å². The molecule has 0 atom stereocenters. The summed E-state index contributed by atoms with van der Waals surface area (Å²) < 4.78 is 5.19. The molecule has 38 heavy (non-hydrogen) atoms. The van der Waals surface area contributed by atoms with Gasteiger partial charge in [-0.2, -0.15) is 0 Å². The van der Waals surface area contributed by atoms with E-state index in [1.165, 1.54) is 11.3 Å². The molecule has 0 spiro atoms. The maximum Gasteiger partial charge on any atom is 0.347 e. The number of rotatable bonds is 10. The second-order valence-corrected chi connectivity index (χ2v) is 10.3. The summed E-state index contributed by atoms with van der Waals surface area (Å²) in [5, 5.41) is 9.67. The number of hydrogen-bond acceptors (Lipinski definition) is 8. The second kappa shape index (κ2) is 11.8. The van der Waals surface area contributed by atoms with E-state index in [9.17, 15) is 9.59 Å². The van der Waals surface area contributed by atoms with Crippen molar-refractivity contribution in [1.29, 1.82) is 0 Å². The Hall–Kier alpha value is -4.30. The molecule has 0 saturated carbocycles. The number of thiazole rings is 1. The highest BCUT2D eigenvalue weighted by molar-refractivity contribution is 7.14. The predicted octanol–water partition coefficient (Wildman–Crippen LogP) is 5.72. The smallest absolute Gasteiger partial charge is 0.347 e. The molecule has 1 aromatic heterocycles. The summed E-state index contributed by atoms with van der Waals surface area (Å²) in [4.78, 5) is 33.2. The monoisotopic (exact) mass is 526 g/mol. The molecule has 0 aliphatic rings. The van der Waals surface area contributed by atoms with E-state index in [0.717, 1.165) is 16.7 Å². The Morgan fingerprint density at radius 2 is 1.39 bits per heavy atom. The molecule has 1 N–H and O–H groups in total. The lowest BCUT2D eigenvalue weighted by Crippen LogP contribution is -2.38. The van der Waals surface area contributed by atoms with Crippen LogP contribution in [0.3, 0.4) is 0 Å². The fourth-order valence-corrected chi connectivity index (χ4v) is 4.77. The van der Waals surface area contributed by atoms with Crippen LogP contribution in [0.5, 0.6) is 0 Å². The van der Waals surface area contributed by atoms with Gasteiger partial charge in [-0.15, -0.1) is 11.3 Å². The third-order valence-electron chi connectivity index (χ3n) is 5.52. The lowest BCUT2D eigenvalue weighted by Gasteiger charge is -2.36.